The summed E-state index contributed by atoms with van der Waals surface area (Å²) in [5.74, 6) is -3.75. The number of carbonyl (C=O) groups excluding carboxylic acids is 5. The molecule has 11 heteroatoms. The van der Waals surface area contributed by atoms with E-state index in [-0.39, 0.29) is 12.5 Å². The van der Waals surface area contributed by atoms with Crippen molar-refractivity contribution in [3.63, 3.8) is 0 Å². The molecule has 31 heavy (non-hydrogen) atoms. The van der Waals surface area contributed by atoms with Crippen molar-refractivity contribution in [1.29, 1.82) is 0 Å². The smallest absolute Gasteiger partial charge is 0.311 e. The molecule has 0 unspecified atom stereocenters. The van der Waals surface area contributed by atoms with E-state index in [4.69, 9.17) is 28.4 Å². The molecule has 2 aliphatic rings. The summed E-state index contributed by atoms with van der Waals surface area (Å²) in [6, 6.07) is 0. The second kappa shape index (κ2) is 11.1. The minimum atomic E-state index is -1.46. The van der Waals surface area contributed by atoms with Gasteiger partial charge in [-0.2, -0.15) is 0 Å². The van der Waals surface area contributed by atoms with Crippen LogP contribution in [0.2, 0.25) is 0 Å². The number of ether oxygens (including phenoxy) is 6. The summed E-state index contributed by atoms with van der Waals surface area (Å²) in [4.78, 5) is 59.0. The quantitative estimate of drug-likeness (QED) is 0.407. The predicted octanol–water partition coefficient (Wildman–Crippen LogP) is 0.803. The second-order valence-electron chi connectivity index (χ2n) is 7.49. The van der Waals surface area contributed by atoms with Crippen LogP contribution in [0.15, 0.2) is 0 Å². The molecule has 1 saturated carbocycles. The number of carbonyl (C=O) groups is 5. The molecule has 174 valence electrons. The molecular formula is C20H28O11. The molecule has 1 saturated heterocycles. The van der Waals surface area contributed by atoms with Crippen LogP contribution in [0.1, 0.15) is 53.4 Å². The van der Waals surface area contributed by atoms with Gasteiger partial charge in [0.25, 0.3) is 0 Å². The van der Waals surface area contributed by atoms with Gasteiger partial charge in [0.2, 0.25) is 12.4 Å². The van der Waals surface area contributed by atoms with Crippen LogP contribution in [0.3, 0.4) is 0 Å². The van der Waals surface area contributed by atoms with Gasteiger partial charge in [0.15, 0.2) is 12.2 Å². The molecule has 0 aromatic carbocycles. The van der Waals surface area contributed by atoms with Crippen molar-refractivity contribution in [3.05, 3.63) is 0 Å². The fourth-order valence-corrected chi connectivity index (χ4v) is 3.66. The number of esters is 5. The Kier molecular flexibility index (Phi) is 8.78. The summed E-state index contributed by atoms with van der Waals surface area (Å²) in [7, 11) is 0. The van der Waals surface area contributed by atoms with Gasteiger partial charge in [-0.25, -0.2) is 0 Å². The molecule has 2 fully saturated rings. The number of rotatable bonds is 7. The fraction of sp³-hybridized carbons (Fsp3) is 0.750. The van der Waals surface area contributed by atoms with Crippen LogP contribution < -0.4 is 0 Å². The summed E-state index contributed by atoms with van der Waals surface area (Å²) in [6.45, 7) is 4.15. The first-order chi connectivity index (χ1) is 14.6. The van der Waals surface area contributed by atoms with Gasteiger partial charge in [0.05, 0.1) is 5.92 Å². The minimum absolute atomic E-state index is 0.327. The van der Waals surface area contributed by atoms with E-state index >= 15 is 0 Å². The Bertz CT molecular complexity index is 697. The summed E-state index contributed by atoms with van der Waals surface area (Å²) < 4.78 is 32.0. The summed E-state index contributed by atoms with van der Waals surface area (Å²) in [5.41, 5.74) is 0. The highest BCUT2D eigenvalue weighted by Crippen LogP contribution is 2.32. The lowest BCUT2D eigenvalue weighted by molar-refractivity contribution is -0.301. The zero-order chi connectivity index (χ0) is 23.1. The normalized spacial score (nSPS) is 28.3. The van der Waals surface area contributed by atoms with Crippen LogP contribution in [-0.2, 0) is 52.4 Å². The number of hydrogen-bond donors (Lipinski definition) is 0. The van der Waals surface area contributed by atoms with Gasteiger partial charge in [0, 0.05) is 27.7 Å². The third-order valence-electron chi connectivity index (χ3n) is 4.87. The topological polar surface area (TPSA) is 141 Å². The van der Waals surface area contributed by atoms with Gasteiger partial charge >= 0.3 is 29.8 Å². The second-order valence-corrected chi connectivity index (χ2v) is 7.49. The third kappa shape index (κ3) is 7.20. The molecule has 1 aliphatic heterocycles. The van der Waals surface area contributed by atoms with Gasteiger partial charge in [-0.1, -0.05) is 12.8 Å². The van der Waals surface area contributed by atoms with E-state index in [1.54, 1.807) is 0 Å². The van der Waals surface area contributed by atoms with Crippen molar-refractivity contribution >= 4 is 29.8 Å². The van der Waals surface area contributed by atoms with Crippen molar-refractivity contribution in [2.24, 2.45) is 5.92 Å². The van der Waals surface area contributed by atoms with Crippen molar-refractivity contribution in [2.75, 3.05) is 6.61 Å². The van der Waals surface area contributed by atoms with Gasteiger partial charge in [-0.15, -0.1) is 0 Å². The lowest BCUT2D eigenvalue weighted by atomic mass is 9.98. The van der Waals surface area contributed by atoms with Crippen LogP contribution in [0.25, 0.3) is 0 Å². The maximum Gasteiger partial charge on any atom is 0.311 e. The molecule has 0 bridgehead atoms. The van der Waals surface area contributed by atoms with Crippen molar-refractivity contribution in [3.8, 4) is 0 Å². The Hall–Kier alpha value is -2.69. The van der Waals surface area contributed by atoms with Crippen LogP contribution in [0.4, 0.5) is 0 Å². The highest BCUT2D eigenvalue weighted by molar-refractivity contribution is 5.73. The molecule has 0 amide bonds. The molecule has 0 radical (unpaired) electrons. The first-order valence-corrected chi connectivity index (χ1v) is 10.1. The standard InChI is InChI=1S/C20H28O11/c1-10(21)26-9-15-16(27-11(2)22)17(28-12(3)23)18(29-13(4)24)20(30-15)31-19(25)14-7-5-6-8-14/h14-18,20H,5-9H2,1-4H3/t15-,16-,17+,18-,20+/m1/s1. The first-order valence-electron chi connectivity index (χ1n) is 10.1. The van der Waals surface area contributed by atoms with Crippen molar-refractivity contribution < 1.29 is 52.4 Å². The van der Waals surface area contributed by atoms with E-state index in [0.29, 0.717) is 12.8 Å². The van der Waals surface area contributed by atoms with Crippen LogP contribution >= 0.6 is 0 Å². The van der Waals surface area contributed by atoms with Crippen molar-refractivity contribution in [2.45, 2.75) is 84.1 Å². The Balaban J connectivity index is 2.36. The fourth-order valence-electron chi connectivity index (χ4n) is 3.66. The maximum absolute atomic E-state index is 12.6. The van der Waals surface area contributed by atoms with E-state index in [2.05, 4.69) is 0 Å². The van der Waals surface area contributed by atoms with E-state index < -0.39 is 60.6 Å². The lowest BCUT2D eigenvalue weighted by Crippen LogP contribution is -2.63. The van der Waals surface area contributed by atoms with E-state index in [9.17, 15) is 24.0 Å². The zero-order valence-electron chi connectivity index (χ0n) is 18.0. The summed E-state index contributed by atoms with van der Waals surface area (Å²) >= 11 is 0. The van der Waals surface area contributed by atoms with Crippen LogP contribution in [-0.4, -0.2) is 67.2 Å². The first kappa shape index (κ1) is 24.6. The van der Waals surface area contributed by atoms with E-state index in [0.717, 1.165) is 33.6 Å². The molecule has 0 spiro atoms. The van der Waals surface area contributed by atoms with E-state index in [1.807, 2.05) is 0 Å². The third-order valence-corrected chi connectivity index (χ3v) is 4.87. The Morgan fingerprint density at radius 1 is 0.710 bits per heavy atom. The molecule has 0 aromatic rings. The van der Waals surface area contributed by atoms with Gasteiger partial charge < -0.3 is 28.4 Å². The highest BCUT2D eigenvalue weighted by atomic mass is 16.7. The molecule has 0 N–H and O–H groups in total. The molecule has 5 atom stereocenters. The lowest BCUT2D eigenvalue weighted by Gasteiger charge is -2.43. The predicted molar refractivity (Wildman–Crippen MR) is 100 cm³/mol. The maximum atomic E-state index is 12.6. The monoisotopic (exact) mass is 444 g/mol. The van der Waals surface area contributed by atoms with Crippen LogP contribution in [0.5, 0.6) is 0 Å². The summed E-state index contributed by atoms with van der Waals surface area (Å²) in [6.07, 6.45) is -3.57. The molecule has 0 aromatic heterocycles. The molecule has 1 aliphatic carbocycles. The van der Waals surface area contributed by atoms with Gasteiger partial charge in [0.1, 0.15) is 12.7 Å². The Labute approximate surface area is 179 Å². The van der Waals surface area contributed by atoms with Crippen molar-refractivity contribution in [1.82, 2.24) is 0 Å². The largest absolute Gasteiger partial charge is 0.463 e. The SMILES string of the molecule is CC(=O)OC[C@H]1O[C@@H](OC(=O)C2CCCC2)[C@H](OC(C)=O)[C@@H](OC(C)=O)[C@@H]1OC(C)=O. The molecule has 11 nitrogen and oxygen atoms in total. The molecular weight excluding hydrogens is 416 g/mol. The average molecular weight is 444 g/mol. The average Bonchev–Trinajstić information content (AvgIpc) is 3.18. The highest BCUT2D eigenvalue weighted by Gasteiger charge is 2.54. The van der Waals surface area contributed by atoms with Gasteiger partial charge in [-0.05, 0) is 12.8 Å². The van der Waals surface area contributed by atoms with Crippen LogP contribution in [0, 0.1) is 5.92 Å². The van der Waals surface area contributed by atoms with Gasteiger partial charge in [-0.3, -0.25) is 24.0 Å². The molecule has 2 rings (SSSR count). The zero-order valence-corrected chi connectivity index (χ0v) is 18.0. The van der Waals surface area contributed by atoms with E-state index in [1.165, 1.54) is 6.92 Å². The minimum Gasteiger partial charge on any atom is -0.463 e. The Morgan fingerprint density at radius 2 is 1.23 bits per heavy atom. The molecule has 1 heterocycles. The Morgan fingerprint density at radius 3 is 1.74 bits per heavy atom. The number of hydrogen-bond acceptors (Lipinski definition) is 11. The summed E-state index contributed by atoms with van der Waals surface area (Å²) in [5, 5.41) is 0.